The van der Waals surface area contributed by atoms with E-state index >= 15 is 0 Å². The molecule has 1 aliphatic rings. The zero-order chi connectivity index (χ0) is 11.3. The van der Waals surface area contributed by atoms with Crippen LogP contribution in [0.5, 0.6) is 0 Å². The molecule has 1 atom stereocenters. The Morgan fingerprint density at radius 3 is 2.80 bits per heavy atom. The lowest BCUT2D eigenvalue weighted by Crippen LogP contribution is -2.02. The monoisotopic (exact) mass is 209 g/mol. The highest BCUT2D eigenvalue weighted by Gasteiger charge is 2.46. The zero-order valence-electron chi connectivity index (χ0n) is 9.75. The Labute approximate surface area is 91.7 Å². The first-order valence-electron chi connectivity index (χ1n) is 5.34. The van der Waals surface area contributed by atoms with Gasteiger partial charge in [0.05, 0.1) is 24.4 Å². The first kappa shape index (κ1) is 12.2. The van der Waals surface area contributed by atoms with Gasteiger partial charge >= 0.3 is 0 Å². The number of rotatable bonds is 6. The van der Waals surface area contributed by atoms with E-state index in [0.29, 0.717) is 12.7 Å². The average molecular weight is 209 g/mol. The Morgan fingerprint density at radius 1 is 1.60 bits per heavy atom. The third-order valence-electron chi connectivity index (χ3n) is 2.68. The molecule has 0 radical (unpaired) electrons. The van der Waals surface area contributed by atoms with Crippen molar-refractivity contribution in [3.8, 4) is 6.07 Å². The van der Waals surface area contributed by atoms with Crippen molar-refractivity contribution in [1.29, 1.82) is 5.26 Å². The van der Waals surface area contributed by atoms with Gasteiger partial charge in [-0.3, -0.25) is 0 Å². The van der Waals surface area contributed by atoms with E-state index in [1.54, 1.807) is 0 Å². The first-order chi connectivity index (χ1) is 7.06. The fraction of sp³-hybridized carbons (Fsp3) is 0.750. The topological polar surface area (TPSA) is 45.5 Å². The van der Waals surface area contributed by atoms with Crippen LogP contribution >= 0.6 is 0 Å². The Morgan fingerprint density at radius 2 is 2.27 bits per heavy atom. The van der Waals surface area contributed by atoms with Crippen molar-refractivity contribution >= 4 is 0 Å². The van der Waals surface area contributed by atoms with E-state index in [4.69, 9.17) is 14.7 Å². The summed E-state index contributed by atoms with van der Waals surface area (Å²) in [6, 6.07) is 1.94. The minimum atomic E-state index is 0.0948. The number of hydrogen-bond donors (Lipinski definition) is 0. The predicted octanol–water partition coefficient (Wildman–Crippen LogP) is 2.43. The molecule has 1 saturated heterocycles. The average Bonchev–Trinajstić information content (AvgIpc) is 2.78. The molecule has 1 unspecified atom stereocenters. The van der Waals surface area contributed by atoms with Gasteiger partial charge in [-0.2, -0.15) is 5.26 Å². The molecule has 1 fully saturated rings. The minimum Gasteiger partial charge on any atom is -0.367 e. The maximum Gasteiger partial charge on any atom is 0.134 e. The summed E-state index contributed by atoms with van der Waals surface area (Å²) in [4.78, 5) is 0. The van der Waals surface area contributed by atoms with Crippen molar-refractivity contribution in [3.63, 3.8) is 0 Å². The van der Waals surface area contributed by atoms with Gasteiger partial charge in [-0.05, 0) is 33.6 Å². The molecule has 1 heterocycles. The van der Waals surface area contributed by atoms with Gasteiger partial charge in [0.2, 0.25) is 0 Å². The van der Waals surface area contributed by atoms with Crippen LogP contribution in [0.1, 0.15) is 33.6 Å². The van der Waals surface area contributed by atoms with E-state index in [1.807, 2.05) is 12.1 Å². The lowest BCUT2D eigenvalue weighted by atomic mass is 10.0. The van der Waals surface area contributed by atoms with E-state index < -0.39 is 0 Å². The number of ether oxygens (including phenoxy) is 2. The second-order valence-corrected chi connectivity index (χ2v) is 4.47. The molecule has 0 spiro atoms. The summed E-state index contributed by atoms with van der Waals surface area (Å²) in [6.45, 7) is 7.03. The molecule has 0 aromatic heterocycles. The normalized spacial score (nSPS) is 23.6. The van der Waals surface area contributed by atoms with Crippen molar-refractivity contribution in [2.75, 3.05) is 13.2 Å². The standard InChI is InChI=1S/C12H19NO2/c1-10(6-8-14-9-7-13)4-5-11-12(2,3)15-11/h6,11H,4-5,8-9H2,1-3H3/b10-6+. The van der Waals surface area contributed by atoms with Gasteiger partial charge in [0.15, 0.2) is 0 Å². The fourth-order valence-corrected chi connectivity index (χ4v) is 1.51. The summed E-state index contributed by atoms with van der Waals surface area (Å²) in [5.41, 5.74) is 1.40. The zero-order valence-corrected chi connectivity index (χ0v) is 9.75. The number of nitrogens with zero attached hydrogens (tertiary/aromatic N) is 1. The van der Waals surface area contributed by atoms with Crippen LogP contribution in [0.15, 0.2) is 11.6 Å². The molecule has 3 heteroatoms. The summed E-state index contributed by atoms with van der Waals surface area (Å²) >= 11 is 0. The van der Waals surface area contributed by atoms with Crippen LogP contribution in [0.3, 0.4) is 0 Å². The second kappa shape index (κ2) is 5.29. The Kier molecular flexibility index (Phi) is 4.31. The van der Waals surface area contributed by atoms with Crippen LogP contribution < -0.4 is 0 Å². The highest BCUT2D eigenvalue weighted by atomic mass is 16.6. The van der Waals surface area contributed by atoms with Crippen LogP contribution in [-0.4, -0.2) is 24.9 Å². The summed E-state index contributed by atoms with van der Waals surface area (Å²) in [6.07, 6.45) is 4.57. The SMILES string of the molecule is C/C(=C\COCC#N)CCC1OC1(C)C. The van der Waals surface area contributed by atoms with E-state index in [-0.39, 0.29) is 12.2 Å². The molecule has 0 aromatic rings. The van der Waals surface area contributed by atoms with Gasteiger partial charge in [-0.1, -0.05) is 11.6 Å². The van der Waals surface area contributed by atoms with Crippen molar-refractivity contribution in [1.82, 2.24) is 0 Å². The Hall–Kier alpha value is -0.850. The van der Waals surface area contributed by atoms with Crippen LogP contribution in [0.25, 0.3) is 0 Å². The summed E-state index contributed by atoms with van der Waals surface area (Å²) in [5.74, 6) is 0. The largest absolute Gasteiger partial charge is 0.367 e. The maximum absolute atomic E-state index is 8.26. The van der Waals surface area contributed by atoms with E-state index in [0.717, 1.165) is 12.8 Å². The van der Waals surface area contributed by atoms with E-state index in [1.165, 1.54) is 5.57 Å². The van der Waals surface area contributed by atoms with Crippen LogP contribution in [0, 0.1) is 11.3 Å². The highest BCUT2D eigenvalue weighted by molar-refractivity contribution is 5.02. The molecule has 0 aromatic carbocycles. The number of epoxide rings is 1. The molecular weight excluding hydrogens is 190 g/mol. The lowest BCUT2D eigenvalue weighted by Gasteiger charge is -2.00. The Bertz CT molecular complexity index is 276. The molecule has 0 bridgehead atoms. The third-order valence-corrected chi connectivity index (χ3v) is 2.68. The van der Waals surface area contributed by atoms with Gasteiger partial charge in [-0.25, -0.2) is 0 Å². The first-order valence-corrected chi connectivity index (χ1v) is 5.34. The van der Waals surface area contributed by atoms with Gasteiger partial charge in [0, 0.05) is 0 Å². The van der Waals surface area contributed by atoms with Crippen molar-refractivity contribution in [2.24, 2.45) is 0 Å². The van der Waals surface area contributed by atoms with E-state index in [2.05, 4.69) is 20.8 Å². The van der Waals surface area contributed by atoms with Gasteiger partial charge < -0.3 is 9.47 Å². The van der Waals surface area contributed by atoms with Crippen molar-refractivity contribution < 1.29 is 9.47 Å². The van der Waals surface area contributed by atoms with Crippen molar-refractivity contribution in [3.05, 3.63) is 11.6 Å². The summed E-state index contributed by atoms with van der Waals surface area (Å²) in [5, 5.41) is 8.26. The lowest BCUT2D eigenvalue weighted by molar-refractivity contribution is 0.197. The highest BCUT2D eigenvalue weighted by Crippen LogP contribution is 2.38. The van der Waals surface area contributed by atoms with E-state index in [9.17, 15) is 0 Å². The van der Waals surface area contributed by atoms with Crippen LogP contribution in [-0.2, 0) is 9.47 Å². The Balaban J connectivity index is 2.08. The molecule has 0 aliphatic carbocycles. The third kappa shape index (κ3) is 4.46. The van der Waals surface area contributed by atoms with Crippen molar-refractivity contribution in [2.45, 2.75) is 45.3 Å². The summed E-state index contributed by atoms with van der Waals surface area (Å²) in [7, 11) is 0. The van der Waals surface area contributed by atoms with Gasteiger partial charge in [-0.15, -0.1) is 0 Å². The van der Waals surface area contributed by atoms with Crippen LogP contribution in [0.2, 0.25) is 0 Å². The molecule has 0 N–H and O–H groups in total. The predicted molar refractivity (Wildman–Crippen MR) is 58.4 cm³/mol. The molecular formula is C12H19NO2. The molecule has 0 amide bonds. The molecule has 15 heavy (non-hydrogen) atoms. The number of hydrogen-bond acceptors (Lipinski definition) is 3. The fourth-order valence-electron chi connectivity index (χ4n) is 1.51. The molecule has 3 nitrogen and oxygen atoms in total. The van der Waals surface area contributed by atoms with Gasteiger partial charge in [0.1, 0.15) is 6.61 Å². The smallest absolute Gasteiger partial charge is 0.134 e. The molecule has 1 aliphatic heterocycles. The molecule has 84 valence electrons. The minimum absolute atomic E-state index is 0.0948. The maximum atomic E-state index is 8.26. The van der Waals surface area contributed by atoms with Gasteiger partial charge in [0.25, 0.3) is 0 Å². The summed E-state index contributed by atoms with van der Waals surface area (Å²) < 4.78 is 10.5. The van der Waals surface area contributed by atoms with Crippen LogP contribution in [0.4, 0.5) is 0 Å². The number of allylic oxidation sites excluding steroid dienone is 1. The molecule has 1 rings (SSSR count). The second-order valence-electron chi connectivity index (χ2n) is 4.47. The molecule has 0 saturated carbocycles. The number of nitriles is 1. The quantitative estimate of drug-likeness (QED) is 0.383.